The molecule has 3 atom stereocenters. The van der Waals surface area contributed by atoms with Gasteiger partial charge in [0, 0.05) is 13.0 Å². The summed E-state index contributed by atoms with van der Waals surface area (Å²) < 4.78 is 85.5. The van der Waals surface area contributed by atoms with Crippen LogP contribution in [0.2, 0.25) is 0 Å². The van der Waals surface area contributed by atoms with Gasteiger partial charge < -0.3 is 10.1 Å². The molecule has 0 saturated carbocycles. The number of amides is 1. The van der Waals surface area contributed by atoms with Crippen molar-refractivity contribution in [2.24, 2.45) is 0 Å². The molecule has 35 heavy (non-hydrogen) atoms. The number of ether oxygens (including phenoxy) is 1. The van der Waals surface area contributed by atoms with Gasteiger partial charge in [-0.1, -0.05) is 42.5 Å². The molecule has 10 heteroatoms. The second-order valence-corrected chi connectivity index (χ2v) is 9.02. The standard InChI is InChI=1S/C25H24F6N2O2/c1-16(17-11-19(24(26,27)28)13-20(12-17)25(29,30)31)35-15-23(18-5-3-2-4-6-18)10-9-22(14-32-23)8-7-21(34)33-22/h2-6,9-13,16,32H,7-8,14-15H2,1H3,(H,33,34)/t16-,22-,23-/m1/s1. The van der Waals surface area contributed by atoms with Gasteiger partial charge in [0.25, 0.3) is 0 Å². The third kappa shape index (κ3) is 5.38. The van der Waals surface area contributed by atoms with Crippen LogP contribution in [0.15, 0.2) is 60.7 Å². The molecule has 188 valence electrons. The van der Waals surface area contributed by atoms with Crippen LogP contribution in [0.4, 0.5) is 26.3 Å². The molecule has 1 fully saturated rings. The Balaban J connectivity index is 1.62. The quantitative estimate of drug-likeness (QED) is 0.423. The normalized spacial score (nSPS) is 25.6. The number of alkyl halides is 6. The van der Waals surface area contributed by atoms with Gasteiger partial charge in [-0.25, -0.2) is 0 Å². The summed E-state index contributed by atoms with van der Waals surface area (Å²) in [6.07, 6.45) is -6.18. The number of carbonyl (C=O) groups is 1. The highest BCUT2D eigenvalue weighted by Crippen LogP contribution is 2.39. The van der Waals surface area contributed by atoms with Gasteiger partial charge in [-0.05, 0) is 42.7 Å². The van der Waals surface area contributed by atoms with E-state index in [1.54, 1.807) is 0 Å². The van der Waals surface area contributed by atoms with Gasteiger partial charge >= 0.3 is 12.4 Å². The van der Waals surface area contributed by atoms with Crippen molar-refractivity contribution in [3.8, 4) is 0 Å². The third-order valence-corrected chi connectivity index (χ3v) is 6.52. The molecule has 2 aromatic rings. The molecule has 1 amide bonds. The Labute approximate surface area is 198 Å². The average molecular weight is 498 g/mol. The summed E-state index contributed by atoms with van der Waals surface area (Å²) in [5, 5.41) is 6.34. The highest BCUT2D eigenvalue weighted by atomic mass is 19.4. The van der Waals surface area contributed by atoms with E-state index in [-0.39, 0.29) is 24.1 Å². The van der Waals surface area contributed by atoms with Gasteiger partial charge in [0.2, 0.25) is 5.91 Å². The minimum absolute atomic E-state index is 0.0569. The Hall–Kier alpha value is -2.85. The largest absolute Gasteiger partial charge is 0.416 e. The van der Waals surface area contributed by atoms with Gasteiger partial charge in [-0.15, -0.1) is 0 Å². The Kier molecular flexibility index (Phi) is 6.48. The fourth-order valence-electron chi connectivity index (χ4n) is 4.41. The van der Waals surface area contributed by atoms with E-state index >= 15 is 0 Å². The lowest BCUT2D eigenvalue weighted by atomic mass is 9.82. The summed E-state index contributed by atoms with van der Waals surface area (Å²) >= 11 is 0. The zero-order chi connectivity index (χ0) is 25.5. The highest BCUT2D eigenvalue weighted by molar-refractivity contribution is 5.80. The molecule has 2 heterocycles. The zero-order valence-corrected chi connectivity index (χ0v) is 18.8. The second kappa shape index (κ2) is 8.98. The minimum atomic E-state index is -4.94. The van der Waals surface area contributed by atoms with Crippen molar-refractivity contribution in [2.45, 2.75) is 49.3 Å². The number of halogens is 6. The Morgan fingerprint density at radius 3 is 2.09 bits per heavy atom. The maximum Gasteiger partial charge on any atom is 0.416 e. The first-order chi connectivity index (χ1) is 16.3. The lowest BCUT2D eigenvalue weighted by Gasteiger charge is -2.42. The lowest BCUT2D eigenvalue weighted by molar-refractivity contribution is -0.143. The smallest absolute Gasteiger partial charge is 0.371 e. The Morgan fingerprint density at radius 1 is 0.971 bits per heavy atom. The molecule has 0 bridgehead atoms. The molecule has 2 aliphatic heterocycles. The van der Waals surface area contributed by atoms with Gasteiger partial charge in [0.1, 0.15) is 0 Å². The first kappa shape index (κ1) is 25.2. The van der Waals surface area contributed by atoms with Crippen LogP contribution in [0.5, 0.6) is 0 Å². The second-order valence-electron chi connectivity index (χ2n) is 9.02. The van der Waals surface area contributed by atoms with Crippen molar-refractivity contribution in [3.05, 3.63) is 82.9 Å². The van der Waals surface area contributed by atoms with Crippen LogP contribution in [0, 0.1) is 0 Å². The fraction of sp³-hybridized carbons (Fsp3) is 0.400. The van der Waals surface area contributed by atoms with Crippen LogP contribution in [0.25, 0.3) is 0 Å². The summed E-state index contributed by atoms with van der Waals surface area (Å²) in [5.41, 5.74) is -3.61. The summed E-state index contributed by atoms with van der Waals surface area (Å²) in [7, 11) is 0. The molecule has 0 radical (unpaired) electrons. The fourth-order valence-corrected chi connectivity index (χ4v) is 4.41. The van der Waals surface area contributed by atoms with E-state index in [2.05, 4.69) is 10.6 Å². The molecular weight excluding hydrogens is 474 g/mol. The number of rotatable bonds is 5. The van der Waals surface area contributed by atoms with E-state index in [0.717, 1.165) is 5.56 Å². The third-order valence-electron chi connectivity index (χ3n) is 6.52. The molecule has 1 spiro atoms. The molecule has 2 N–H and O–H groups in total. The SMILES string of the molecule is C[C@@H](OC[C@@]1(c2ccccc2)C=C[C@]2(CCC(=O)N2)CN1)c1cc(C(F)(F)F)cc(C(F)(F)F)c1. The average Bonchev–Trinajstić information content (AvgIpc) is 3.18. The highest BCUT2D eigenvalue weighted by Gasteiger charge is 2.43. The van der Waals surface area contributed by atoms with E-state index in [0.29, 0.717) is 31.5 Å². The predicted octanol–water partition coefficient (Wildman–Crippen LogP) is 5.51. The van der Waals surface area contributed by atoms with Gasteiger partial charge in [-0.2, -0.15) is 26.3 Å². The van der Waals surface area contributed by atoms with Gasteiger partial charge in [-0.3, -0.25) is 10.1 Å². The number of carbonyl (C=O) groups excluding carboxylic acids is 1. The van der Waals surface area contributed by atoms with Crippen molar-refractivity contribution in [1.82, 2.24) is 10.6 Å². The Bertz CT molecular complexity index is 1080. The molecule has 2 aliphatic rings. The molecule has 4 nitrogen and oxygen atoms in total. The van der Waals surface area contributed by atoms with Gasteiger partial charge in [0.15, 0.2) is 0 Å². The lowest BCUT2D eigenvalue weighted by Crippen LogP contribution is -2.58. The summed E-state index contributed by atoms with van der Waals surface area (Å²) in [6.45, 7) is 1.75. The number of benzene rings is 2. The van der Waals surface area contributed by atoms with Crippen LogP contribution in [0.3, 0.4) is 0 Å². The number of hydrogen-bond acceptors (Lipinski definition) is 3. The summed E-state index contributed by atoms with van der Waals surface area (Å²) in [5.74, 6) is -0.0569. The van der Waals surface area contributed by atoms with E-state index < -0.39 is 40.7 Å². The molecule has 4 rings (SSSR count). The summed E-state index contributed by atoms with van der Waals surface area (Å²) in [4.78, 5) is 11.8. The van der Waals surface area contributed by atoms with E-state index in [1.807, 2.05) is 42.5 Å². The van der Waals surface area contributed by atoms with E-state index in [4.69, 9.17) is 4.74 Å². The molecule has 0 unspecified atom stereocenters. The first-order valence-corrected chi connectivity index (χ1v) is 11.0. The van der Waals surface area contributed by atoms with Crippen LogP contribution < -0.4 is 10.6 Å². The van der Waals surface area contributed by atoms with Crippen LogP contribution >= 0.6 is 0 Å². The summed E-state index contributed by atoms with van der Waals surface area (Å²) in [6, 6.07) is 10.6. The van der Waals surface area contributed by atoms with Gasteiger partial charge in [0.05, 0.1) is 34.9 Å². The van der Waals surface area contributed by atoms with E-state index in [1.165, 1.54) is 6.92 Å². The van der Waals surface area contributed by atoms with Crippen molar-refractivity contribution in [1.29, 1.82) is 0 Å². The predicted molar refractivity (Wildman–Crippen MR) is 116 cm³/mol. The topological polar surface area (TPSA) is 50.4 Å². The Morgan fingerprint density at radius 2 is 1.60 bits per heavy atom. The van der Waals surface area contributed by atoms with Crippen LogP contribution in [-0.4, -0.2) is 24.6 Å². The molecule has 2 aromatic carbocycles. The maximum atomic E-state index is 13.3. The molecule has 0 aliphatic carbocycles. The van der Waals surface area contributed by atoms with E-state index in [9.17, 15) is 31.1 Å². The number of nitrogens with one attached hydrogen (secondary N) is 2. The molecular formula is C25H24F6N2O2. The number of hydrogen-bond donors (Lipinski definition) is 2. The van der Waals surface area contributed by atoms with Crippen LogP contribution in [0.1, 0.15) is 48.1 Å². The monoisotopic (exact) mass is 498 g/mol. The maximum absolute atomic E-state index is 13.3. The van der Waals surface area contributed by atoms with Crippen molar-refractivity contribution >= 4 is 5.91 Å². The molecule has 0 aromatic heterocycles. The zero-order valence-electron chi connectivity index (χ0n) is 18.8. The first-order valence-electron chi connectivity index (χ1n) is 11.0. The van der Waals surface area contributed by atoms with Crippen molar-refractivity contribution in [3.63, 3.8) is 0 Å². The molecule has 1 saturated heterocycles. The van der Waals surface area contributed by atoms with Crippen molar-refractivity contribution in [2.75, 3.05) is 13.2 Å². The van der Waals surface area contributed by atoms with Crippen LogP contribution in [-0.2, 0) is 27.4 Å². The van der Waals surface area contributed by atoms with Crippen molar-refractivity contribution < 1.29 is 35.9 Å². The minimum Gasteiger partial charge on any atom is -0.371 e.